The molecule has 1 amide bonds. The fraction of sp³-hybridized carbons (Fsp3) is 0.412. The minimum absolute atomic E-state index is 0.00690. The lowest BCUT2D eigenvalue weighted by Gasteiger charge is -2.21. The van der Waals surface area contributed by atoms with E-state index in [1.165, 1.54) is 6.20 Å². The van der Waals surface area contributed by atoms with E-state index in [0.29, 0.717) is 24.1 Å². The maximum Gasteiger partial charge on any atom is 0.229 e. The number of hydrogen-bond acceptors (Lipinski definition) is 5. The zero-order chi connectivity index (χ0) is 16.4. The van der Waals surface area contributed by atoms with Gasteiger partial charge in [0.05, 0.1) is 17.5 Å². The molecule has 6 nitrogen and oxygen atoms in total. The highest BCUT2D eigenvalue weighted by atomic mass is 16.3. The molecular weight excluding hydrogens is 294 g/mol. The maximum absolute atomic E-state index is 12.3. The van der Waals surface area contributed by atoms with Crippen LogP contribution in [0.5, 0.6) is 0 Å². The number of nitrogens with zero attached hydrogens (tertiary/aromatic N) is 2. The van der Waals surface area contributed by atoms with Gasteiger partial charge in [-0.3, -0.25) is 14.9 Å². The molecule has 0 unspecified atom stereocenters. The van der Waals surface area contributed by atoms with E-state index in [-0.39, 0.29) is 29.5 Å². The summed E-state index contributed by atoms with van der Waals surface area (Å²) < 4.78 is 5.41. The largest absolute Gasteiger partial charge is 0.469 e. The van der Waals surface area contributed by atoms with Gasteiger partial charge in [-0.25, -0.2) is 9.97 Å². The molecule has 0 bridgehead atoms. The lowest BCUT2D eigenvalue weighted by atomic mass is 9.85. The van der Waals surface area contributed by atoms with Crippen LogP contribution in [0.15, 0.2) is 29.0 Å². The second-order valence-electron chi connectivity index (χ2n) is 5.90. The molecule has 6 heteroatoms. The fourth-order valence-corrected chi connectivity index (χ4v) is 2.65. The van der Waals surface area contributed by atoms with Crippen molar-refractivity contribution in [1.82, 2.24) is 9.97 Å². The molecule has 1 aliphatic rings. The minimum Gasteiger partial charge on any atom is -0.469 e. The van der Waals surface area contributed by atoms with Crippen LogP contribution in [0.25, 0.3) is 0 Å². The van der Waals surface area contributed by atoms with Crippen LogP contribution in [0, 0.1) is 5.92 Å². The van der Waals surface area contributed by atoms with E-state index in [1.807, 2.05) is 26.0 Å². The van der Waals surface area contributed by atoms with Crippen LogP contribution in [-0.2, 0) is 11.2 Å². The van der Waals surface area contributed by atoms with Crippen molar-refractivity contribution in [3.8, 4) is 0 Å². The molecule has 1 N–H and O–H groups in total. The van der Waals surface area contributed by atoms with Crippen molar-refractivity contribution in [3.05, 3.63) is 41.6 Å². The molecule has 120 valence electrons. The van der Waals surface area contributed by atoms with Crippen LogP contribution in [0.4, 0.5) is 5.95 Å². The lowest BCUT2D eigenvalue weighted by molar-refractivity contribution is -0.119. The number of nitrogens with one attached hydrogen (secondary N) is 1. The Kier molecular flexibility index (Phi) is 4.23. The van der Waals surface area contributed by atoms with Gasteiger partial charge in [-0.2, -0.15) is 0 Å². The van der Waals surface area contributed by atoms with Crippen molar-refractivity contribution >= 4 is 17.6 Å². The molecule has 23 heavy (non-hydrogen) atoms. The summed E-state index contributed by atoms with van der Waals surface area (Å²) in [5.74, 6) is 0.810. The van der Waals surface area contributed by atoms with E-state index in [9.17, 15) is 9.59 Å². The molecule has 0 radical (unpaired) electrons. The second kappa shape index (κ2) is 6.32. The predicted molar refractivity (Wildman–Crippen MR) is 84.2 cm³/mol. The number of Topliss-reactive ketones (excluding diaryl/α,β-unsaturated/α-hetero) is 1. The Hall–Kier alpha value is -2.50. The van der Waals surface area contributed by atoms with Crippen LogP contribution >= 0.6 is 0 Å². The third-order valence-corrected chi connectivity index (χ3v) is 4.28. The third kappa shape index (κ3) is 3.16. The third-order valence-electron chi connectivity index (χ3n) is 4.28. The molecule has 0 spiro atoms. The Morgan fingerprint density at radius 1 is 1.48 bits per heavy atom. The van der Waals surface area contributed by atoms with Gasteiger partial charge in [-0.05, 0) is 18.6 Å². The smallest absolute Gasteiger partial charge is 0.229 e. The molecule has 0 fully saturated rings. The number of carbonyl (C=O) groups excluding carboxylic acids is 2. The molecule has 0 saturated heterocycles. The van der Waals surface area contributed by atoms with Gasteiger partial charge in [-0.15, -0.1) is 0 Å². The molecule has 1 aliphatic carbocycles. The van der Waals surface area contributed by atoms with E-state index < -0.39 is 0 Å². The van der Waals surface area contributed by atoms with Crippen LogP contribution in [0.3, 0.4) is 0 Å². The van der Waals surface area contributed by atoms with E-state index in [2.05, 4.69) is 15.3 Å². The predicted octanol–water partition coefficient (Wildman–Crippen LogP) is 2.97. The van der Waals surface area contributed by atoms with Crippen molar-refractivity contribution in [2.45, 2.75) is 39.0 Å². The summed E-state index contributed by atoms with van der Waals surface area (Å²) in [5, 5.41) is 2.71. The number of furan rings is 1. The highest BCUT2D eigenvalue weighted by Gasteiger charge is 2.29. The monoisotopic (exact) mass is 313 g/mol. The van der Waals surface area contributed by atoms with Crippen molar-refractivity contribution in [2.24, 2.45) is 5.92 Å². The summed E-state index contributed by atoms with van der Waals surface area (Å²) in [6, 6.07) is 3.68. The van der Waals surface area contributed by atoms with E-state index >= 15 is 0 Å². The Morgan fingerprint density at radius 3 is 3.00 bits per heavy atom. The van der Waals surface area contributed by atoms with Gasteiger partial charge in [0.2, 0.25) is 11.9 Å². The number of aromatic nitrogens is 2. The second-order valence-corrected chi connectivity index (χ2v) is 5.90. The van der Waals surface area contributed by atoms with Crippen LogP contribution in [0.2, 0.25) is 0 Å². The van der Waals surface area contributed by atoms with Gasteiger partial charge in [-0.1, -0.05) is 13.8 Å². The van der Waals surface area contributed by atoms with Crippen molar-refractivity contribution in [2.75, 3.05) is 5.32 Å². The summed E-state index contributed by atoms with van der Waals surface area (Å²) in [6.07, 6.45) is 4.85. The van der Waals surface area contributed by atoms with Gasteiger partial charge in [0.25, 0.3) is 0 Å². The average molecular weight is 313 g/mol. The van der Waals surface area contributed by atoms with Gasteiger partial charge < -0.3 is 4.42 Å². The number of rotatable bonds is 4. The number of ketones is 1. The topological polar surface area (TPSA) is 85.1 Å². The maximum atomic E-state index is 12.3. The number of amides is 1. The molecule has 2 atom stereocenters. The Balaban J connectivity index is 1.83. The molecule has 0 saturated carbocycles. The van der Waals surface area contributed by atoms with E-state index in [0.717, 1.165) is 12.2 Å². The van der Waals surface area contributed by atoms with Gasteiger partial charge in [0.15, 0.2) is 5.78 Å². The van der Waals surface area contributed by atoms with Crippen LogP contribution < -0.4 is 5.32 Å². The molecular formula is C17H19N3O3. The number of carbonyl (C=O) groups is 2. The van der Waals surface area contributed by atoms with Crippen molar-refractivity contribution in [3.63, 3.8) is 0 Å². The average Bonchev–Trinajstić information content (AvgIpc) is 3.08. The Labute approximate surface area is 134 Å². The highest BCUT2D eigenvalue weighted by Crippen LogP contribution is 2.32. The SMILES string of the molecule is CC[C@H](C)C(=O)Nc1ncc2c(n1)C[C@H](c1ccco1)CC2=O. The molecule has 2 aromatic rings. The normalized spacial score (nSPS) is 18.3. The minimum atomic E-state index is -0.114. The summed E-state index contributed by atoms with van der Waals surface area (Å²) >= 11 is 0. The Bertz CT molecular complexity index is 725. The molecule has 2 aromatic heterocycles. The first-order valence-corrected chi connectivity index (χ1v) is 7.81. The van der Waals surface area contributed by atoms with Gasteiger partial charge >= 0.3 is 0 Å². The zero-order valence-corrected chi connectivity index (χ0v) is 13.2. The van der Waals surface area contributed by atoms with Crippen LogP contribution in [0.1, 0.15) is 54.4 Å². The summed E-state index contributed by atoms with van der Waals surface area (Å²) in [5.41, 5.74) is 1.20. The first kappa shape index (κ1) is 15.4. The highest BCUT2D eigenvalue weighted by molar-refractivity contribution is 5.98. The molecule has 2 heterocycles. The fourth-order valence-electron chi connectivity index (χ4n) is 2.65. The van der Waals surface area contributed by atoms with Gasteiger partial charge in [0, 0.05) is 30.9 Å². The first-order valence-electron chi connectivity index (χ1n) is 7.81. The first-order chi connectivity index (χ1) is 11.1. The number of anilines is 1. The zero-order valence-electron chi connectivity index (χ0n) is 13.2. The molecule has 0 aromatic carbocycles. The lowest BCUT2D eigenvalue weighted by Crippen LogP contribution is -2.24. The summed E-state index contributed by atoms with van der Waals surface area (Å²) in [4.78, 5) is 32.7. The summed E-state index contributed by atoms with van der Waals surface area (Å²) in [7, 11) is 0. The number of fused-ring (bicyclic) bond motifs is 1. The molecule has 3 rings (SSSR count). The van der Waals surface area contributed by atoms with Crippen molar-refractivity contribution < 1.29 is 14.0 Å². The van der Waals surface area contributed by atoms with Crippen LogP contribution in [-0.4, -0.2) is 21.7 Å². The summed E-state index contributed by atoms with van der Waals surface area (Å²) in [6.45, 7) is 3.80. The quantitative estimate of drug-likeness (QED) is 0.938. The molecule has 0 aliphatic heterocycles. The number of hydrogen-bond donors (Lipinski definition) is 1. The van der Waals surface area contributed by atoms with E-state index in [1.54, 1.807) is 6.26 Å². The standard InChI is InChI=1S/C17H19N3O3/c1-3-10(2)16(22)20-17-18-9-12-13(19-17)7-11(8-14(12)21)15-5-4-6-23-15/h4-6,9-11H,3,7-8H2,1-2H3,(H,18,19,20,22)/t10-,11-/m0/s1. The van der Waals surface area contributed by atoms with Crippen molar-refractivity contribution in [1.29, 1.82) is 0 Å². The Morgan fingerprint density at radius 2 is 2.30 bits per heavy atom. The van der Waals surface area contributed by atoms with Gasteiger partial charge in [0.1, 0.15) is 5.76 Å². The van der Waals surface area contributed by atoms with E-state index in [4.69, 9.17) is 4.42 Å².